The van der Waals surface area contributed by atoms with Crippen LogP contribution in [0.1, 0.15) is 33.4 Å². The van der Waals surface area contributed by atoms with Crippen LogP contribution in [0.2, 0.25) is 0 Å². The molecule has 2 heterocycles. The highest BCUT2D eigenvalue weighted by Crippen LogP contribution is 2.48. The highest BCUT2D eigenvalue weighted by molar-refractivity contribution is 5.79. The van der Waals surface area contributed by atoms with Crippen molar-refractivity contribution in [1.29, 1.82) is 0 Å². The Morgan fingerprint density at radius 2 is 0.967 bits per heavy atom. The minimum Gasteiger partial charge on any atom is -0.497 e. The predicted octanol–water partition coefficient (Wildman–Crippen LogP) is 10.7. The number of methoxy groups -OCH3 is 6. The fourth-order valence-electron chi connectivity index (χ4n) is 7.02. The van der Waals surface area contributed by atoms with E-state index in [9.17, 15) is 0 Å². The predicted molar refractivity (Wildman–Crippen MR) is 241 cm³/mol. The molecule has 9 heteroatoms. The van der Waals surface area contributed by atoms with Gasteiger partial charge in [0, 0.05) is 46.1 Å². The van der Waals surface area contributed by atoms with Gasteiger partial charge in [-0.15, -0.1) is 0 Å². The molecular weight excluding hydrogens is 763 g/mol. The van der Waals surface area contributed by atoms with Crippen LogP contribution in [0.25, 0.3) is 22.5 Å². The molecule has 7 aromatic rings. The van der Waals surface area contributed by atoms with Crippen LogP contribution in [0.5, 0.6) is 34.5 Å². The normalized spacial score (nSPS) is 10.4. The van der Waals surface area contributed by atoms with Gasteiger partial charge in [-0.25, -0.2) is 0 Å². The van der Waals surface area contributed by atoms with E-state index in [2.05, 4.69) is 63.7 Å². The maximum Gasteiger partial charge on any atom is 0.181 e. The Labute approximate surface area is 357 Å². The third-order valence-corrected chi connectivity index (χ3v) is 10.2. The van der Waals surface area contributed by atoms with Crippen LogP contribution in [-0.2, 0) is 0 Å². The Balaban J connectivity index is 1.21. The maximum absolute atomic E-state index is 5.95. The van der Waals surface area contributed by atoms with Crippen molar-refractivity contribution in [2.45, 2.75) is 13.8 Å². The minimum atomic E-state index is 0.378. The van der Waals surface area contributed by atoms with Crippen LogP contribution < -0.4 is 33.3 Å². The highest BCUT2D eigenvalue weighted by atomic mass is 16.5. The number of aromatic nitrogens is 2. The van der Waals surface area contributed by atoms with Gasteiger partial charge in [-0.1, -0.05) is 35.8 Å². The van der Waals surface area contributed by atoms with Crippen LogP contribution >= 0.6 is 0 Å². The van der Waals surface area contributed by atoms with E-state index < -0.39 is 0 Å². The lowest BCUT2D eigenvalue weighted by atomic mass is 9.95. The van der Waals surface area contributed by atoms with Crippen molar-refractivity contribution >= 4 is 17.1 Å². The molecule has 0 fully saturated rings. The second-order valence-corrected chi connectivity index (χ2v) is 13.8. The summed E-state index contributed by atoms with van der Waals surface area (Å²) in [4.78, 5) is 11.2. The summed E-state index contributed by atoms with van der Waals surface area (Å²) < 4.78 is 34.6. The summed E-state index contributed by atoms with van der Waals surface area (Å²) in [7, 11) is 9.58. The zero-order valence-electron chi connectivity index (χ0n) is 35.4. The lowest BCUT2D eigenvalue weighted by Gasteiger charge is -2.25. The van der Waals surface area contributed by atoms with Gasteiger partial charge in [0.1, 0.15) is 22.6 Å². The number of benzene rings is 5. The average Bonchev–Trinajstić information content (AvgIpc) is 3.31. The van der Waals surface area contributed by atoms with Gasteiger partial charge in [-0.05, 0) is 134 Å². The van der Waals surface area contributed by atoms with Crippen molar-refractivity contribution in [2.75, 3.05) is 47.6 Å². The van der Waals surface area contributed by atoms with Gasteiger partial charge >= 0.3 is 0 Å². The average molecular weight is 808 g/mol. The molecule has 304 valence electrons. The van der Waals surface area contributed by atoms with Crippen molar-refractivity contribution in [3.63, 3.8) is 0 Å². The van der Waals surface area contributed by atoms with E-state index in [0.29, 0.717) is 34.1 Å². The molecule has 9 nitrogen and oxygen atoms in total. The summed E-state index contributed by atoms with van der Waals surface area (Å²) >= 11 is 0. The Morgan fingerprint density at radius 3 is 1.43 bits per heavy atom. The van der Waals surface area contributed by atoms with E-state index in [1.54, 1.807) is 48.9 Å². The third-order valence-electron chi connectivity index (χ3n) is 10.2. The number of hydrogen-bond donors (Lipinski definition) is 0. The molecule has 7 rings (SSSR count). The standard InChI is InChI=1S/C52H45N3O6/c1-34-32-46(38-16-29-48(54-33-38)47-11-9-10-30-53-47)35(2)31-37(34)15-28-45-51(60-7)49(58-5)44(50(59-6)52(45)61-8)27-14-36-12-17-39(18-13-36)55(40-19-23-42(56-3)24-20-40)41-21-25-43(57-4)26-22-41/h9-13,16-26,29-33H,1-8H3. The van der Waals surface area contributed by atoms with Crippen molar-refractivity contribution in [3.05, 3.63) is 161 Å². The molecular formula is C52H45N3O6. The number of nitrogens with zero attached hydrogens (tertiary/aromatic N) is 3. The summed E-state index contributed by atoms with van der Waals surface area (Å²) in [5.41, 5.74) is 11.2. The van der Waals surface area contributed by atoms with Crippen molar-refractivity contribution in [2.24, 2.45) is 0 Å². The molecule has 5 aromatic carbocycles. The first-order chi connectivity index (χ1) is 29.8. The Bertz CT molecular complexity index is 2680. The molecule has 0 aliphatic rings. The SMILES string of the molecule is COc1ccc(N(c2ccc(C#Cc3c(OC)c(OC)c(C#Cc4cc(C)c(-c5ccc(-c6ccccn6)nc5)cc4C)c(OC)c3OC)cc2)c2ccc(OC)cc2)cc1. The number of rotatable bonds is 11. The summed E-state index contributed by atoms with van der Waals surface area (Å²) in [6.07, 6.45) is 3.65. The molecule has 0 saturated carbocycles. The van der Waals surface area contributed by atoms with Gasteiger partial charge in [0.25, 0.3) is 0 Å². The van der Waals surface area contributed by atoms with Gasteiger partial charge in [-0.3, -0.25) is 9.97 Å². The van der Waals surface area contributed by atoms with Gasteiger partial charge in [0.05, 0.1) is 54.0 Å². The number of aryl methyl sites for hydroxylation is 2. The Morgan fingerprint density at radius 1 is 0.459 bits per heavy atom. The van der Waals surface area contributed by atoms with Gasteiger partial charge in [0.2, 0.25) is 0 Å². The molecule has 2 aromatic heterocycles. The second kappa shape index (κ2) is 18.8. The molecule has 0 aliphatic heterocycles. The molecule has 0 spiro atoms. The van der Waals surface area contributed by atoms with Crippen LogP contribution in [0.4, 0.5) is 17.1 Å². The molecule has 0 N–H and O–H groups in total. The second-order valence-electron chi connectivity index (χ2n) is 13.8. The first-order valence-corrected chi connectivity index (χ1v) is 19.4. The quantitative estimate of drug-likeness (QED) is 0.119. The van der Waals surface area contributed by atoms with E-state index in [4.69, 9.17) is 28.4 Å². The molecule has 0 aliphatic carbocycles. The lowest BCUT2D eigenvalue weighted by molar-refractivity contribution is 0.326. The molecule has 0 unspecified atom stereocenters. The first-order valence-electron chi connectivity index (χ1n) is 19.4. The number of ether oxygens (including phenoxy) is 6. The van der Waals surface area contributed by atoms with E-state index in [-0.39, 0.29) is 0 Å². The van der Waals surface area contributed by atoms with Crippen LogP contribution in [0.15, 0.2) is 128 Å². The molecule has 0 saturated heterocycles. The van der Waals surface area contributed by atoms with Gasteiger partial charge in [-0.2, -0.15) is 0 Å². The molecule has 0 amide bonds. The Hall–Kier alpha value is -7.88. The highest BCUT2D eigenvalue weighted by Gasteiger charge is 2.26. The molecule has 61 heavy (non-hydrogen) atoms. The smallest absolute Gasteiger partial charge is 0.181 e. The lowest BCUT2D eigenvalue weighted by Crippen LogP contribution is -2.09. The van der Waals surface area contributed by atoms with Crippen LogP contribution in [0.3, 0.4) is 0 Å². The number of anilines is 3. The zero-order chi connectivity index (χ0) is 42.9. The summed E-state index contributed by atoms with van der Waals surface area (Å²) in [5, 5.41) is 0. The fraction of sp³-hybridized carbons (Fsp3) is 0.154. The van der Waals surface area contributed by atoms with E-state index in [0.717, 1.165) is 73.3 Å². The summed E-state index contributed by atoms with van der Waals surface area (Å²) in [5.74, 6) is 16.3. The van der Waals surface area contributed by atoms with Gasteiger partial charge < -0.3 is 33.3 Å². The summed E-state index contributed by atoms with van der Waals surface area (Å²) in [6, 6.07) is 37.9. The number of pyridine rings is 2. The maximum atomic E-state index is 5.95. The van der Waals surface area contributed by atoms with E-state index >= 15 is 0 Å². The first kappa shape index (κ1) is 41.3. The largest absolute Gasteiger partial charge is 0.497 e. The van der Waals surface area contributed by atoms with Crippen molar-refractivity contribution in [3.8, 4) is 80.7 Å². The van der Waals surface area contributed by atoms with Crippen molar-refractivity contribution in [1.82, 2.24) is 9.97 Å². The number of hydrogen-bond acceptors (Lipinski definition) is 9. The molecule has 0 atom stereocenters. The summed E-state index contributed by atoms with van der Waals surface area (Å²) in [6.45, 7) is 4.11. The molecule has 0 radical (unpaired) electrons. The van der Waals surface area contributed by atoms with Crippen molar-refractivity contribution < 1.29 is 28.4 Å². The molecule has 0 bridgehead atoms. The van der Waals surface area contributed by atoms with Crippen LogP contribution in [0, 0.1) is 37.5 Å². The van der Waals surface area contributed by atoms with E-state index in [1.807, 2.05) is 110 Å². The monoisotopic (exact) mass is 807 g/mol. The topological polar surface area (TPSA) is 84.4 Å². The minimum absolute atomic E-state index is 0.378. The van der Waals surface area contributed by atoms with E-state index in [1.165, 1.54) is 0 Å². The van der Waals surface area contributed by atoms with Gasteiger partial charge in [0.15, 0.2) is 23.0 Å². The Kier molecular flexibility index (Phi) is 12.7. The fourth-order valence-corrected chi connectivity index (χ4v) is 7.02. The van der Waals surface area contributed by atoms with Crippen LogP contribution in [-0.4, -0.2) is 52.6 Å². The third kappa shape index (κ3) is 8.78. The zero-order valence-corrected chi connectivity index (χ0v) is 35.4.